The topological polar surface area (TPSA) is 75.6 Å². The molecule has 0 aliphatic carbocycles. The van der Waals surface area contributed by atoms with Crippen molar-refractivity contribution in [1.29, 1.82) is 0 Å². The van der Waals surface area contributed by atoms with Crippen LogP contribution in [0.2, 0.25) is 0 Å². The number of hydrogen-bond acceptors (Lipinski definition) is 5. The third-order valence-electron chi connectivity index (χ3n) is 5.33. The first kappa shape index (κ1) is 27.2. The molecule has 0 spiro atoms. The van der Waals surface area contributed by atoms with Crippen molar-refractivity contribution < 1.29 is 19.0 Å². The summed E-state index contributed by atoms with van der Waals surface area (Å²) < 4.78 is 16.3. The van der Waals surface area contributed by atoms with Crippen molar-refractivity contribution in [1.82, 2.24) is 15.1 Å². The van der Waals surface area contributed by atoms with Gasteiger partial charge in [-0.15, -0.1) is 24.0 Å². The number of nitrogens with zero attached hydrogens (tertiary/aromatic N) is 3. The minimum Gasteiger partial charge on any atom is -0.444 e. The molecular formula is C21H41IN4O4. The normalized spacial score (nSPS) is 22.6. The van der Waals surface area contributed by atoms with Gasteiger partial charge in [0.25, 0.3) is 0 Å². The zero-order valence-electron chi connectivity index (χ0n) is 19.3. The third-order valence-corrected chi connectivity index (χ3v) is 5.33. The molecule has 2 aliphatic rings. The summed E-state index contributed by atoms with van der Waals surface area (Å²) in [5.74, 6) is 1.41. The molecule has 0 aromatic carbocycles. The number of carbonyl (C=O) groups is 1. The van der Waals surface area contributed by atoms with E-state index in [1.165, 1.54) is 0 Å². The van der Waals surface area contributed by atoms with Crippen molar-refractivity contribution >= 4 is 36.0 Å². The Hall–Kier alpha value is -0.810. The van der Waals surface area contributed by atoms with Crippen LogP contribution >= 0.6 is 24.0 Å². The number of amides is 1. The number of rotatable bonds is 7. The zero-order chi connectivity index (χ0) is 21.3. The van der Waals surface area contributed by atoms with Crippen molar-refractivity contribution in [2.24, 2.45) is 10.9 Å². The van der Waals surface area contributed by atoms with Gasteiger partial charge in [-0.3, -0.25) is 4.99 Å². The molecule has 0 saturated carbocycles. The standard InChI is InChI=1S/C21H40N4O4.HI/c1-21(2,3)29-20(26)25-10-7-6-8-18(25)14-23-19(22-4)24-11-9-17(15-24)16-28-13-12-27-5;/h17-18H,6-16H2,1-5H3,(H,22,23);1H. The van der Waals surface area contributed by atoms with Crippen LogP contribution in [0.25, 0.3) is 0 Å². The van der Waals surface area contributed by atoms with Gasteiger partial charge in [0.2, 0.25) is 0 Å². The second kappa shape index (κ2) is 13.6. The van der Waals surface area contributed by atoms with Crippen molar-refractivity contribution in [3.63, 3.8) is 0 Å². The summed E-state index contributed by atoms with van der Waals surface area (Å²) in [4.78, 5) is 21.2. The molecule has 0 aromatic heterocycles. The van der Waals surface area contributed by atoms with Crippen molar-refractivity contribution in [3.8, 4) is 0 Å². The molecule has 2 atom stereocenters. The number of guanidine groups is 1. The van der Waals surface area contributed by atoms with Gasteiger partial charge in [-0.05, 0) is 46.5 Å². The maximum absolute atomic E-state index is 12.6. The molecular weight excluding hydrogens is 499 g/mol. The maximum Gasteiger partial charge on any atom is 0.410 e. The predicted molar refractivity (Wildman–Crippen MR) is 130 cm³/mol. The second-order valence-electron chi connectivity index (χ2n) is 8.92. The predicted octanol–water partition coefficient (Wildman–Crippen LogP) is 2.95. The summed E-state index contributed by atoms with van der Waals surface area (Å²) in [5, 5.41) is 3.49. The Morgan fingerprint density at radius 3 is 2.60 bits per heavy atom. The Morgan fingerprint density at radius 1 is 1.17 bits per heavy atom. The molecule has 8 nitrogen and oxygen atoms in total. The lowest BCUT2D eigenvalue weighted by Gasteiger charge is -2.37. The smallest absolute Gasteiger partial charge is 0.410 e. The number of ether oxygens (including phenoxy) is 3. The fourth-order valence-electron chi connectivity index (χ4n) is 3.87. The highest BCUT2D eigenvalue weighted by Gasteiger charge is 2.31. The molecule has 0 radical (unpaired) electrons. The fourth-order valence-corrected chi connectivity index (χ4v) is 3.87. The Morgan fingerprint density at radius 2 is 1.93 bits per heavy atom. The molecule has 30 heavy (non-hydrogen) atoms. The molecule has 2 fully saturated rings. The van der Waals surface area contributed by atoms with Gasteiger partial charge in [0, 0.05) is 46.3 Å². The summed E-state index contributed by atoms with van der Waals surface area (Å²) >= 11 is 0. The molecule has 2 saturated heterocycles. The van der Waals surface area contributed by atoms with Gasteiger partial charge >= 0.3 is 6.09 Å². The van der Waals surface area contributed by atoms with Crippen LogP contribution in [0.5, 0.6) is 0 Å². The summed E-state index contributed by atoms with van der Waals surface area (Å²) in [6, 6.07) is 0.131. The first-order valence-corrected chi connectivity index (χ1v) is 10.9. The fraction of sp³-hybridized carbons (Fsp3) is 0.905. The van der Waals surface area contributed by atoms with Crippen molar-refractivity contribution in [2.75, 3.05) is 60.2 Å². The monoisotopic (exact) mass is 540 g/mol. The molecule has 2 rings (SSSR count). The average molecular weight is 540 g/mol. The van der Waals surface area contributed by atoms with E-state index in [1.807, 2.05) is 32.7 Å². The van der Waals surface area contributed by atoms with E-state index in [0.717, 1.165) is 57.9 Å². The first-order valence-electron chi connectivity index (χ1n) is 10.9. The van der Waals surface area contributed by atoms with E-state index in [9.17, 15) is 4.79 Å². The van der Waals surface area contributed by atoms with Crippen LogP contribution in [-0.4, -0.2) is 93.7 Å². The van der Waals surface area contributed by atoms with Crippen LogP contribution in [0.4, 0.5) is 4.79 Å². The number of nitrogens with one attached hydrogen (secondary N) is 1. The van der Waals surface area contributed by atoms with Crippen LogP contribution in [0.3, 0.4) is 0 Å². The molecule has 9 heteroatoms. The van der Waals surface area contributed by atoms with Gasteiger partial charge in [0.15, 0.2) is 5.96 Å². The Labute approximate surface area is 199 Å². The van der Waals surface area contributed by atoms with E-state index in [1.54, 1.807) is 7.11 Å². The van der Waals surface area contributed by atoms with Crippen LogP contribution in [-0.2, 0) is 14.2 Å². The highest BCUT2D eigenvalue weighted by Crippen LogP contribution is 2.21. The highest BCUT2D eigenvalue weighted by atomic mass is 127. The molecule has 2 unspecified atom stereocenters. The average Bonchev–Trinajstić information content (AvgIpc) is 3.13. The Kier molecular flexibility index (Phi) is 12.3. The van der Waals surface area contributed by atoms with E-state index in [2.05, 4.69) is 15.2 Å². The van der Waals surface area contributed by atoms with E-state index >= 15 is 0 Å². The molecule has 1 amide bonds. The zero-order valence-corrected chi connectivity index (χ0v) is 21.6. The minimum absolute atomic E-state index is 0. The minimum atomic E-state index is -0.474. The number of halogens is 1. The van der Waals surface area contributed by atoms with E-state index in [0.29, 0.717) is 25.7 Å². The lowest BCUT2D eigenvalue weighted by Crippen LogP contribution is -2.52. The van der Waals surface area contributed by atoms with Crippen molar-refractivity contribution in [3.05, 3.63) is 0 Å². The number of methoxy groups -OCH3 is 1. The van der Waals surface area contributed by atoms with Gasteiger partial charge < -0.3 is 29.3 Å². The number of piperidine rings is 1. The molecule has 2 aliphatic heterocycles. The second-order valence-corrected chi connectivity index (χ2v) is 8.92. The molecule has 176 valence electrons. The molecule has 0 aromatic rings. The Balaban J connectivity index is 0.00000450. The first-order chi connectivity index (χ1) is 13.8. The molecule has 2 heterocycles. The third kappa shape index (κ3) is 9.13. The number of likely N-dealkylation sites (tertiary alicyclic amines) is 2. The van der Waals surface area contributed by atoms with Gasteiger partial charge in [-0.1, -0.05) is 0 Å². The van der Waals surface area contributed by atoms with Crippen LogP contribution in [0, 0.1) is 5.92 Å². The van der Waals surface area contributed by atoms with Gasteiger partial charge in [0.1, 0.15) is 5.60 Å². The summed E-state index contributed by atoms with van der Waals surface area (Å²) in [6.45, 7) is 11.1. The quantitative estimate of drug-likeness (QED) is 0.232. The number of carbonyl (C=O) groups excluding carboxylic acids is 1. The van der Waals surface area contributed by atoms with Crippen molar-refractivity contribution in [2.45, 2.75) is 58.1 Å². The van der Waals surface area contributed by atoms with Crippen LogP contribution < -0.4 is 5.32 Å². The largest absolute Gasteiger partial charge is 0.444 e. The maximum atomic E-state index is 12.6. The summed E-state index contributed by atoms with van der Waals surface area (Å²) in [7, 11) is 3.50. The number of aliphatic imine (C=N–C) groups is 1. The highest BCUT2D eigenvalue weighted by molar-refractivity contribution is 14.0. The lowest BCUT2D eigenvalue weighted by atomic mass is 10.0. The summed E-state index contributed by atoms with van der Waals surface area (Å²) in [5.41, 5.74) is -0.474. The van der Waals surface area contributed by atoms with Crippen LogP contribution in [0.15, 0.2) is 4.99 Å². The van der Waals surface area contributed by atoms with E-state index in [4.69, 9.17) is 14.2 Å². The molecule has 0 bridgehead atoms. The van der Waals surface area contributed by atoms with E-state index in [-0.39, 0.29) is 36.1 Å². The van der Waals surface area contributed by atoms with E-state index < -0.39 is 5.60 Å². The lowest BCUT2D eigenvalue weighted by molar-refractivity contribution is 0.0103. The van der Waals surface area contributed by atoms with Gasteiger partial charge in [-0.25, -0.2) is 4.79 Å². The SMILES string of the molecule is CN=C(NCC1CCCCN1C(=O)OC(C)(C)C)N1CCC(COCCOC)C1.I. The number of hydrogen-bond donors (Lipinski definition) is 1. The molecule has 1 N–H and O–H groups in total. The summed E-state index contributed by atoms with van der Waals surface area (Å²) in [6.07, 6.45) is 4.03. The van der Waals surface area contributed by atoms with Gasteiger partial charge in [-0.2, -0.15) is 0 Å². The Bertz CT molecular complexity index is 542. The van der Waals surface area contributed by atoms with Crippen LogP contribution in [0.1, 0.15) is 46.5 Å². The van der Waals surface area contributed by atoms with Gasteiger partial charge in [0.05, 0.1) is 25.9 Å².